The molecule has 2 aromatic rings. The fourth-order valence-corrected chi connectivity index (χ4v) is 2.72. The van der Waals surface area contributed by atoms with Crippen LogP contribution in [0, 0.1) is 0 Å². The summed E-state index contributed by atoms with van der Waals surface area (Å²) in [5, 5.41) is 0.808. The van der Waals surface area contributed by atoms with Gasteiger partial charge in [-0.05, 0) is 12.1 Å². The molecule has 4 heteroatoms. The SMILES string of the molecule is N/C=C1/N=C(c2ccccc2)N(c2ccccc2)S1. The van der Waals surface area contributed by atoms with Gasteiger partial charge in [-0.25, -0.2) is 4.99 Å². The molecule has 19 heavy (non-hydrogen) atoms. The van der Waals surface area contributed by atoms with Gasteiger partial charge in [-0.1, -0.05) is 48.5 Å². The number of hydrogen-bond acceptors (Lipinski definition) is 4. The predicted octanol–water partition coefficient (Wildman–Crippen LogP) is 3.36. The smallest absolute Gasteiger partial charge is 0.152 e. The maximum absolute atomic E-state index is 5.60. The average molecular weight is 267 g/mol. The molecule has 0 saturated heterocycles. The first-order valence-electron chi connectivity index (χ1n) is 5.97. The minimum absolute atomic E-state index is 0.808. The summed E-state index contributed by atoms with van der Waals surface area (Å²) in [5.41, 5.74) is 7.77. The van der Waals surface area contributed by atoms with Gasteiger partial charge in [0.2, 0.25) is 0 Å². The first kappa shape index (κ1) is 11.9. The molecule has 0 bridgehead atoms. The molecule has 94 valence electrons. The summed E-state index contributed by atoms with van der Waals surface area (Å²) in [6, 6.07) is 20.3. The number of aliphatic imine (C=N–C) groups is 1. The predicted molar refractivity (Wildman–Crippen MR) is 81.8 cm³/mol. The Kier molecular flexibility index (Phi) is 3.25. The van der Waals surface area contributed by atoms with E-state index >= 15 is 0 Å². The van der Waals surface area contributed by atoms with Crippen LogP contribution in [-0.4, -0.2) is 5.84 Å². The Morgan fingerprint density at radius 2 is 1.58 bits per heavy atom. The van der Waals surface area contributed by atoms with Gasteiger partial charge >= 0.3 is 0 Å². The van der Waals surface area contributed by atoms with Crippen molar-refractivity contribution in [2.75, 3.05) is 4.31 Å². The van der Waals surface area contributed by atoms with Crippen LogP contribution < -0.4 is 10.0 Å². The summed E-state index contributed by atoms with van der Waals surface area (Å²) < 4.78 is 2.09. The third-order valence-corrected chi connectivity index (χ3v) is 3.74. The number of hydrogen-bond donors (Lipinski definition) is 1. The lowest BCUT2D eigenvalue weighted by molar-refractivity contribution is 1.43. The molecular weight excluding hydrogens is 254 g/mol. The Morgan fingerprint density at radius 3 is 2.21 bits per heavy atom. The number of nitrogens with two attached hydrogens (primary N) is 1. The molecule has 1 aliphatic rings. The normalized spacial score (nSPS) is 16.7. The van der Waals surface area contributed by atoms with Crippen molar-refractivity contribution in [3.63, 3.8) is 0 Å². The van der Waals surface area contributed by atoms with Gasteiger partial charge < -0.3 is 5.73 Å². The zero-order valence-corrected chi connectivity index (χ0v) is 11.0. The molecule has 0 fully saturated rings. The standard InChI is InChI=1S/C15H13N3S/c16-11-14-17-15(12-7-3-1-4-8-12)18(19-14)13-9-5-2-6-10-13/h1-11H,16H2/b14-11-. The number of amidine groups is 1. The molecule has 0 spiro atoms. The minimum atomic E-state index is 0.808. The van der Waals surface area contributed by atoms with Crippen LogP contribution in [0.2, 0.25) is 0 Å². The van der Waals surface area contributed by atoms with Gasteiger partial charge in [0, 0.05) is 23.7 Å². The molecule has 3 rings (SSSR count). The highest BCUT2D eigenvalue weighted by atomic mass is 32.2. The second-order valence-electron chi connectivity index (χ2n) is 4.03. The van der Waals surface area contributed by atoms with Crippen LogP contribution in [0.15, 0.2) is 76.9 Å². The molecule has 3 nitrogen and oxygen atoms in total. The Morgan fingerprint density at radius 1 is 0.947 bits per heavy atom. The maximum atomic E-state index is 5.60. The summed E-state index contributed by atoms with van der Waals surface area (Å²) in [4.78, 5) is 4.58. The molecular formula is C15H13N3S. The van der Waals surface area contributed by atoms with E-state index in [-0.39, 0.29) is 0 Å². The molecule has 0 atom stereocenters. The number of nitrogens with zero attached hydrogens (tertiary/aromatic N) is 2. The molecule has 0 aliphatic carbocycles. The molecule has 0 saturated carbocycles. The summed E-state index contributed by atoms with van der Waals surface area (Å²) >= 11 is 1.53. The number of benzene rings is 2. The zero-order valence-electron chi connectivity index (χ0n) is 10.2. The van der Waals surface area contributed by atoms with E-state index in [9.17, 15) is 0 Å². The summed E-state index contributed by atoms with van der Waals surface area (Å²) in [5.74, 6) is 0.911. The van der Waals surface area contributed by atoms with E-state index in [0.717, 1.165) is 22.1 Å². The van der Waals surface area contributed by atoms with Crippen molar-refractivity contribution in [1.82, 2.24) is 0 Å². The van der Waals surface area contributed by atoms with Crippen LogP contribution in [0.4, 0.5) is 5.69 Å². The van der Waals surface area contributed by atoms with Crippen LogP contribution in [-0.2, 0) is 0 Å². The summed E-state index contributed by atoms with van der Waals surface area (Å²) in [6.07, 6.45) is 1.54. The second kappa shape index (κ2) is 5.20. The second-order valence-corrected chi connectivity index (χ2v) is 4.99. The van der Waals surface area contributed by atoms with Crippen LogP contribution >= 0.6 is 11.9 Å². The summed E-state index contributed by atoms with van der Waals surface area (Å²) in [7, 11) is 0. The lowest BCUT2D eigenvalue weighted by atomic mass is 10.2. The van der Waals surface area contributed by atoms with Crippen LogP contribution in [0.1, 0.15) is 5.56 Å². The number of rotatable bonds is 2. The van der Waals surface area contributed by atoms with Crippen molar-refractivity contribution in [3.8, 4) is 0 Å². The highest BCUT2D eigenvalue weighted by Crippen LogP contribution is 2.36. The zero-order chi connectivity index (χ0) is 13.1. The molecule has 0 amide bonds. The Hall–Kier alpha value is -2.20. The average Bonchev–Trinajstić information content (AvgIpc) is 2.93. The van der Waals surface area contributed by atoms with E-state index < -0.39 is 0 Å². The molecule has 2 aromatic carbocycles. The quantitative estimate of drug-likeness (QED) is 0.848. The van der Waals surface area contributed by atoms with Gasteiger partial charge in [-0.2, -0.15) is 0 Å². The third-order valence-electron chi connectivity index (χ3n) is 2.76. The van der Waals surface area contributed by atoms with E-state index in [1.807, 2.05) is 36.4 Å². The fraction of sp³-hybridized carbons (Fsp3) is 0. The highest BCUT2D eigenvalue weighted by Gasteiger charge is 2.24. The van der Waals surface area contributed by atoms with Gasteiger partial charge in [0.25, 0.3) is 0 Å². The maximum Gasteiger partial charge on any atom is 0.152 e. The molecule has 1 heterocycles. The highest BCUT2D eigenvalue weighted by molar-refractivity contribution is 8.05. The number of anilines is 1. The lowest BCUT2D eigenvalue weighted by Crippen LogP contribution is -2.20. The van der Waals surface area contributed by atoms with Crippen LogP contribution in [0.3, 0.4) is 0 Å². The Bertz CT molecular complexity index is 620. The van der Waals surface area contributed by atoms with Gasteiger partial charge in [0.05, 0.1) is 5.69 Å². The van der Waals surface area contributed by atoms with E-state index in [0.29, 0.717) is 0 Å². The van der Waals surface area contributed by atoms with Gasteiger partial charge in [-0.3, -0.25) is 4.31 Å². The van der Waals surface area contributed by atoms with E-state index in [4.69, 9.17) is 5.73 Å². The first-order chi connectivity index (χ1) is 9.38. The van der Waals surface area contributed by atoms with Crippen molar-refractivity contribution in [2.45, 2.75) is 0 Å². The van der Waals surface area contributed by atoms with Gasteiger partial charge in [-0.15, -0.1) is 0 Å². The van der Waals surface area contributed by atoms with Gasteiger partial charge in [0.1, 0.15) is 5.03 Å². The Labute approximate surface area is 116 Å². The van der Waals surface area contributed by atoms with Crippen LogP contribution in [0.25, 0.3) is 0 Å². The minimum Gasteiger partial charge on any atom is -0.402 e. The molecule has 0 unspecified atom stereocenters. The number of para-hydroxylation sites is 1. The van der Waals surface area contributed by atoms with E-state index in [2.05, 4.69) is 33.6 Å². The first-order valence-corrected chi connectivity index (χ1v) is 6.75. The van der Waals surface area contributed by atoms with Crippen LogP contribution in [0.5, 0.6) is 0 Å². The van der Waals surface area contributed by atoms with Crippen molar-refractivity contribution in [1.29, 1.82) is 0 Å². The molecule has 0 radical (unpaired) electrons. The molecule has 1 aliphatic heterocycles. The van der Waals surface area contributed by atoms with Crippen molar-refractivity contribution < 1.29 is 0 Å². The lowest BCUT2D eigenvalue weighted by Gasteiger charge is -2.18. The van der Waals surface area contributed by atoms with Crippen molar-refractivity contribution >= 4 is 23.5 Å². The third kappa shape index (κ3) is 2.35. The van der Waals surface area contributed by atoms with Crippen molar-refractivity contribution in [3.05, 3.63) is 77.5 Å². The van der Waals surface area contributed by atoms with E-state index in [1.165, 1.54) is 18.1 Å². The van der Waals surface area contributed by atoms with E-state index in [1.54, 1.807) is 0 Å². The Balaban J connectivity index is 2.04. The molecule has 0 aromatic heterocycles. The van der Waals surface area contributed by atoms with Gasteiger partial charge in [0.15, 0.2) is 5.84 Å². The monoisotopic (exact) mass is 267 g/mol. The topological polar surface area (TPSA) is 41.6 Å². The summed E-state index contributed by atoms with van der Waals surface area (Å²) in [6.45, 7) is 0. The molecule has 2 N–H and O–H groups in total. The fourth-order valence-electron chi connectivity index (χ4n) is 1.88. The van der Waals surface area contributed by atoms with Crippen molar-refractivity contribution in [2.24, 2.45) is 10.7 Å². The largest absolute Gasteiger partial charge is 0.402 e.